The summed E-state index contributed by atoms with van der Waals surface area (Å²) in [4.78, 5) is 11.7. The molecule has 0 aromatic heterocycles. The lowest BCUT2D eigenvalue weighted by molar-refractivity contribution is -0.158. The van der Waals surface area contributed by atoms with Gasteiger partial charge in [0.05, 0.1) is 6.61 Å². The third-order valence-electron chi connectivity index (χ3n) is 2.64. The van der Waals surface area contributed by atoms with Crippen LogP contribution in [0.3, 0.4) is 0 Å². The predicted octanol–water partition coefficient (Wildman–Crippen LogP) is 2.94. The van der Waals surface area contributed by atoms with Crippen molar-refractivity contribution in [1.82, 2.24) is 5.32 Å². The maximum Gasteiger partial charge on any atom is 0.349 e. The molecular formula is C15H24ClNO3. The topological polar surface area (TPSA) is 47.6 Å². The Morgan fingerprint density at radius 3 is 2.30 bits per heavy atom. The summed E-state index contributed by atoms with van der Waals surface area (Å²) >= 11 is 0. The molecule has 114 valence electrons. The van der Waals surface area contributed by atoms with Gasteiger partial charge in [0.15, 0.2) is 5.60 Å². The number of halogens is 1. The molecular weight excluding hydrogens is 278 g/mol. The van der Waals surface area contributed by atoms with Crippen LogP contribution in [0.5, 0.6) is 5.75 Å². The Balaban J connectivity index is 0.00000361. The zero-order valence-corrected chi connectivity index (χ0v) is 13.4. The number of rotatable bonds is 7. The average molecular weight is 302 g/mol. The lowest BCUT2D eigenvalue weighted by Crippen LogP contribution is -2.39. The van der Waals surface area contributed by atoms with E-state index in [0.717, 1.165) is 13.1 Å². The van der Waals surface area contributed by atoms with E-state index in [1.165, 1.54) is 5.56 Å². The summed E-state index contributed by atoms with van der Waals surface area (Å²) in [5.41, 5.74) is 0.210. The van der Waals surface area contributed by atoms with Gasteiger partial charge >= 0.3 is 5.97 Å². The zero-order chi connectivity index (χ0) is 14.3. The standard InChI is InChI=1S/C15H23NO3.ClH/c1-5-16-11-12-7-9-13(10-8-12)19-15(3,4)14(17)18-6-2;/h7-10,16H,5-6,11H2,1-4H3;1H. The molecule has 0 aliphatic rings. The highest BCUT2D eigenvalue weighted by Crippen LogP contribution is 2.20. The molecule has 1 rings (SSSR count). The van der Waals surface area contributed by atoms with Crippen LogP contribution in [0, 0.1) is 0 Å². The van der Waals surface area contributed by atoms with Crippen molar-refractivity contribution in [2.24, 2.45) is 0 Å². The van der Waals surface area contributed by atoms with E-state index in [1.807, 2.05) is 24.3 Å². The molecule has 0 spiro atoms. The number of ether oxygens (including phenoxy) is 2. The minimum atomic E-state index is -0.973. The van der Waals surface area contributed by atoms with Gasteiger partial charge in [-0.2, -0.15) is 0 Å². The fraction of sp³-hybridized carbons (Fsp3) is 0.533. The van der Waals surface area contributed by atoms with E-state index >= 15 is 0 Å². The first kappa shape index (κ1) is 18.7. The van der Waals surface area contributed by atoms with Crippen LogP contribution in [-0.2, 0) is 16.1 Å². The van der Waals surface area contributed by atoms with Crippen molar-refractivity contribution in [3.8, 4) is 5.75 Å². The highest BCUT2D eigenvalue weighted by molar-refractivity contribution is 5.85. The maximum atomic E-state index is 11.7. The Morgan fingerprint density at radius 1 is 1.20 bits per heavy atom. The molecule has 0 aliphatic carbocycles. The summed E-state index contributed by atoms with van der Waals surface area (Å²) < 4.78 is 10.7. The van der Waals surface area contributed by atoms with Crippen molar-refractivity contribution in [3.05, 3.63) is 29.8 Å². The molecule has 1 N–H and O–H groups in total. The molecule has 1 aromatic rings. The van der Waals surface area contributed by atoms with Crippen LogP contribution in [0.15, 0.2) is 24.3 Å². The molecule has 0 heterocycles. The van der Waals surface area contributed by atoms with E-state index in [2.05, 4.69) is 12.2 Å². The Bertz CT molecular complexity index is 404. The Morgan fingerprint density at radius 2 is 1.80 bits per heavy atom. The van der Waals surface area contributed by atoms with Crippen molar-refractivity contribution >= 4 is 18.4 Å². The van der Waals surface area contributed by atoms with Gasteiger partial charge in [0.2, 0.25) is 0 Å². The Labute approximate surface area is 127 Å². The number of hydrogen-bond donors (Lipinski definition) is 1. The van der Waals surface area contributed by atoms with E-state index in [9.17, 15) is 4.79 Å². The molecule has 0 unspecified atom stereocenters. The number of hydrogen-bond acceptors (Lipinski definition) is 4. The lowest BCUT2D eigenvalue weighted by atomic mass is 10.1. The average Bonchev–Trinajstić information content (AvgIpc) is 2.38. The summed E-state index contributed by atoms with van der Waals surface area (Å²) in [5.74, 6) is 0.310. The van der Waals surface area contributed by atoms with Gasteiger partial charge in [-0.05, 0) is 45.0 Å². The molecule has 5 heteroatoms. The van der Waals surface area contributed by atoms with Crippen molar-refractivity contribution in [3.63, 3.8) is 0 Å². The lowest BCUT2D eigenvalue weighted by Gasteiger charge is -2.24. The summed E-state index contributed by atoms with van der Waals surface area (Å²) in [5, 5.41) is 3.25. The molecule has 1 aromatic carbocycles. The van der Waals surface area contributed by atoms with Gasteiger partial charge in [0, 0.05) is 6.54 Å². The predicted molar refractivity (Wildman–Crippen MR) is 82.4 cm³/mol. The molecule has 0 saturated carbocycles. The highest BCUT2D eigenvalue weighted by Gasteiger charge is 2.31. The van der Waals surface area contributed by atoms with Gasteiger partial charge in [-0.15, -0.1) is 12.4 Å². The van der Waals surface area contributed by atoms with Crippen LogP contribution in [0.2, 0.25) is 0 Å². The third-order valence-corrected chi connectivity index (χ3v) is 2.64. The third kappa shape index (κ3) is 5.80. The first-order valence-electron chi connectivity index (χ1n) is 6.65. The van der Waals surface area contributed by atoms with Crippen molar-refractivity contribution in [2.75, 3.05) is 13.2 Å². The smallest absolute Gasteiger partial charge is 0.349 e. The number of nitrogens with one attached hydrogen (secondary N) is 1. The van der Waals surface area contributed by atoms with Crippen LogP contribution < -0.4 is 10.1 Å². The molecule has 20 heavy (non-hydrogen) atoms. The first-order chi connectivity index (χ1) is 8.99. The molecule has 4 nitrogen and oxygen atoms in total. The SMILES string of the molecule is CCNCc1ccc(OC(C)(C)C(=O)OCC)cc1.Cl. The van der Waals surface area contributed by atoms with Gasteiger partial charge in [0.25, 0.3) is 0 Å². The maximum absolute atomic E-state index is 11.7. The first-order valence-corrected chi connectivity index (χ1v) is 6.65. The van der Waals surface area contributed by atoms with Crippen LogP contribution in [0.4, 0.5) is 0 Å². The number of esters is 1. The minimum Gasteiger partial charge on any atom is -0.476 e. The van der Waals surface area contributed by atoms with Crippen molar-refractivity contribution in [2.45, 2.75) is 39.8 Å². The monoisotopic (exact) mass is 301 g/mol. The molecule has 0 radical (unpaired) electrons. The second kappa shape index (κ2) is 8.82. The molecule has 0 atom stereocenters. The molecule has 0 fully saturated rings. The van der Waals surface area contributed by atoms with Gasteiger partial charge in [-0.25, -0.2) is 4.79 Å². The van der Waals surface area contributed by atoms with Crippen LogP contribution in [-0.4, -0.2) is 24.7 Å². The van der Waals surface area contributed by atoms with Gasteiger partial charge in [-0.1, -0.05) is 19.1 Å². The number of carbonyl (C=O) groups excluding carboxylic acids is 1. The Hall–Kier alpha value is -1.26. The summed E-state index contributed by atoms with van der Waals surface area (Å²) in [6.45, 7) is 9.39. The van der Waals surface area contributed by atoms with Crippen LogP contribution >= 0.6 is 12.4 Å². The number of benzene rings is 1. The fourth-order valence-electron chi connectivity index (χ4n) is 1.59. The second-order valence-electron chi connectivity index (χ2n) is 4.76. The normalized spacial score (nSPS) is 10.6. The van der Waals surface area contributed by atoms with E-state index in [0.29, 0.717) is 12.4 Å². The van der Waals surface area contributed by atoms with Crippen LogP contribution in [0.1, 0.15) is 33.3 Å². The molecule has 0 amide bonds. The van der Waals surface area contributed by atoms with Crippen LogP contribution in [0.25, 0.3) is 0 Å². The highest BCUT2D eigenvalue weighted by atomic mass is 35.5. The molecule has 0 bridgehead atoms. The second-order valence-corrected chi connectivity index (χ2v) is 4.76. The fourth-order valence-corrected chi connectivity index (χ4v) is 1.59. The molecule has 0 aliphatic heterocycles. The van der Waals surface area contributed by atoms with Gasteiger partial charge in [0.1, 0.15) is 5.75 Å². The summed E-state index contributed by atoms with van der Waals surface area (Å²) in [6.07, 6.45) is 0. The largest absolute Gasteiger partial charge is 0.476 e. The van der Waals surface area contributed by atoms with Crippen molar-refractivity contribution < 1.29 is 14.3 Å². The van der Waals surface area contributed by atoms with Gasteiger partial charge < -0.3 is 14.8 Å². The van der Waals surface area contributed by atoms with E-state index in [4.69, 9.17) is 9.47 Å². The van der Waals surface area contributed by atoms with Crippen molar-refractivity contribution in [1.29, 1.82) is 0 Å². The zero-order valence-electron chi connectivity index (χ0n) is 12.6. The van der Waals surface area contributed by atoms with Gasteiger partial charge in [-0.3, -0.25) is 0 Å². The quantitative estimate of drug-likeness (QED) is 0.787. The van der Waals surface area contributed by atoms with E-state index < -0.39 is 5.60 Å². The summed E-state index contributed by atoms with van der Waals surface area (Å²) in [7, 11) is 0. The van der Waals surface area contributed by atoms with E-state index in [-0.39, 0.29) is 18.4 Å². The molecule has 0 saturated heterocycles. The number of carbonyl (C=O) groups is 1. The Kier molecular flexibility index (Phi) is 8.26. The van der Waals surface area contributed by atoms with E-state index in [1.54, 1.807) is 20.8 Å². The summed E-state index contributed by atoms with van der Waals surface area (Å²) in [6, 6.07) is 7.71. The minimum absolute atomic E-state index is 0.